The second kappa shape index (κ2) is 6.51. The van der Waals surface area contributed by atoms with Gasteiger partial charge in [-0.3, -0.25) is 0 Å². The summed E-state index contributed by atoms with van der Waals surface area (Å²) in [6.07, 6.45) is 10.3. The van der Waals surface area contributed by atoms with Gasteiger partial charge in [0.1, 0.15) is 0 Å². The van der Waals surface area contributed by atoms with Crippen LogP contribution in [-0.4, -0.2) is 40.4 Å². The van der Waals surface area contributed by atoms with Crippen LogP contribution in [0.5, 0.6) is 0 Å². The van der Waals surface area contributed by atoms with Gasteiger partial charge in [0.2, 0.25) is 0 Å². The van der Waals surface area contributed by atoms with Crippen molar-refractivity contribution in [2.75, 3.05) is 13.1 Å². The lowest BCUT2D eigenvalue weighted by atomic mass is 10.2. The summed E-state index contributed by atoms with van der Waals surface area (Å²) >= 11 is 0. The minimum Gasteiger partial charge on any atom is -0.392 e. The van der Waals surface area contributed by atoms with Crippen molar-refractivity contribution in [2.24, 2.45) is 0 Å². The fourth-order valence-electron chi connectivity index (χ4n) is 1.73. The monoisotopic (exact) mass is 223 g/mol. The number of hydrogen-bond donors (Lipinski definition) is 2. The van der Waals surface area contributed by atoms with Crippen molar-refractivity contribution >= 4 is 0 Å². The molecule has 16 heavy (non-hydrogen) atoms. The van der Waals surface area contributed by atoms with E-state index in [1.807, 2.05) is 23.1 Å². The van der Waals surface area contributed by atoms with Crippen LogP contribution in [0.4, 0.5) is 0 Å². The van der Waals surface area contributed by atoms with E-state index in [9.17, 15) is 10.2 Å². The first-order valence-corrected chi connectivity index (χ1v) is 5.74. The first kappa shape index (κ1) is 13.0. The summed E-state index contributed by atoms with van der Waals surface area (Å²) in [5.41, 5.74) is 1.06. The highest BCUT2D eigenvalue weighted by Gasteiger charge is 2.12. The molecule has 1 aliphatic carbocycles. The Morgan fingerprint density at radius 3 is 2.38 bits per heavy atom. The second-order valence-corrected chi connectivity index (χ2v) is 4.25. The Bertz CT molecular complexity index is 280. The highest BCUT2D eigenvalue weighted by molar-refractivity contribution is 5.25. The molecule has 0 aromatic heterocycles. The van der Waals surface area contributed by atoms with Gasteiger partial charge < -0.3 is 15.1 Å². The zero-order valence-electron chi connectivity index (χ0n) is 10.0. The molecule has 3 nitrogen and oxygen atoms in total. The molecule has 0 saturated carbocycles. The summed E-state index contributed by atoms with van der Waals surface area (Å²) in [7, 11) is 0. The first-order chi connectivity index (χ1) is 7.59. The Labute approximate surface area is 97.4 Å². The molecule has 0 heterocycles. The summed E-state index contributed by atoms with van der Waals surface area (Å²) in [5.74, 6) is 0. The number of aliphatic hydroxyl groups excluding tert-OH is 2. The Kier molecular flexibility index (Phi) is 5.29. The molecule has 0 aliphatic heterocycles. The van der Waals surface area contributed by atoms with Gasteiger partial charge in [-0.1, -0.05) is 24.3 Å². The summed E-state index contributed by atoms with van der Waals surface area (Å²) < 4.78 is 0. The van der Waals surface area contributed by atoms with Gasteiger partial charge in [-0.15, -0.1) is 0 Å². The van der Waals surface area contributed by atoms with Gasteiger partial charge in [0.15, 0.2) is 0 Å². The Morgan fingerprint density at radius 1 is 1.19 bits per heavy atom. The molecule has 0 amide bonds. The average molecular weight is 223 g/mol. The van der Waals surface area contributed by atoms with E-state index in [1.54, 1.807) is 13.8 Å². The minimum absolute atomic E-state index is 0.399. The molecule has 90 valence electrons. The molecule has 1 rings (SSSR count). The second-order valence-electron chi connectivity index (χ2n) is 4.25. The normalized spacial score (nSPS) is 18.9. The lowest BCUT2D eigenvalue weighted by molar-refractivity contribution is 0.105. The number of hydrogen-bond acceptors (Lipinski definition) is 3. The predicted octanol–water partition coefficient (Wildman–Crippen LogP) is 1.45. The maximum absolute atomic E-state index is 9.45. The summed E-state index contributed by atoms with van der Waals surface area (Å²) in [5, 5.41) is 18.9. The van der Waals surface area contributed by atoms with Gasteiger partial charge in [-0.25, -0.2) is 0 Å². The summed E-state index contributed by atoms with van der Waals surface area (Å²) in [4.78, 5) is 2.01. The van der Waals surface area contributed by atoms with Gasteiger partial charge >= 0.3 is 0 Å². The number of rotatable bonds is 5. The molecule has 0 aromatic carbocycles. The Hall–Kier alpha value is -1.06. The standard InChI is InChI=1S/C13H21NO2/c1-11(15)9-14(10-12(2)16)13-7-5-3-4-6-8-13/h3-5,7-8,11-12,15-16H,6,9-10H2,1-2H3. The third-order valence-electron chi connectivity index (χ3n) is 2.31. The SMILES string of the molecule is CC(O)CN(CC(C)O)C1=CCC=CC=C1. The minimum atomic E-state index is -0.399. The smallest absolute Gasteiger partial charge is 0.0687 e. The van der Waals surface area contributed by atoms with Gasteiger partial charge in [0.05, 0.1) is 12.2 Å². The van der Waals surface area contributed by atoms with E-state index in [0.717, 1.165) is 12.1 Å². The van der Waals surface area contributed by atoms with E-state index >= 15 is 0 Å². The number of allylic oxidation sites excluding steroid dienone is 5. The molecule has 0 radical (unpaired) electrons. The zero-order chi connectivity index (χ0) is 12.0. The third kappa shape index (κ3) is 4.64. The fraction of sp³-hybridized carbons (Fsp3) is 0.538. The lowest BCUT2D eigenvalue weighted by Gasteiger charge is -2.28. The van der Waals surface area contributed by atoms with Crippen molar-refractivity contribution < 1.29 is 10.2 Å². The predicted molar refractivity (Wildman–Crippen MR) is 65.9 cm³/mol. The number of aliphatic hydroxyl groups is 2. The molecule has 2 atom stereocenters. The summed E-state index contributed by atoms with van der Waals surface area (Å²) in [6, 6.07) is 0. The maximum atomic E-state index is 9.45. The van der Waals surface area contributed by atoms with Crippen molar-refractivity contribution in [1.82, 2.24) is 4.90 Å². The van der Waals surface area contributed by atoms with Gasteiger partial charge in [0, 0.05) is 18.8 Å². The van der Waals surface area contributed by atoms with Crippen LogP contribution in [0.3, 0.4) is 0 Å². The van der Waals surface area contributed by atoms with Gasteiger partial charge in [-0.05, 0) is 26.3 Å². The van der Waals surface area contributed by atoms with Gasteiger partial charge in [0.25, 0.3) is 0 Å². The Balaban J connectivity index is 2.70. The van der Waals surface area contributed by atoms with Crippen LogP contribution >= 0.6 is 0 Å². The third-order valence-corrected chi connectivity index (χ3v) is 2.31. The molecule has 2 unspecified atom stereocenters. The average Bonchev–Trinajstić information content (AvgIpc) is 2.42. The highest BCUT2D eigenvalue weighted by atomic mass is 16.3. The highest BCUT2D eigenvalue weighted by Crippen LogP contribution is 2.12. The molecule has 0 bridgehead atoms. The van der Waals surface area contributed by atoms with E-state index in [1.165, 1.54) is 0 Å². The van der Waals surface area contributed by atoms with E-state index < -0.39 is 12.2 Å². The largest absolute Gasteiger partial charge is 0.392 e. The molecule has 3 heteroatoms. The van der Waals surface area contributed by atoms with Crippen LogP contribution in [0.2, 0.25) is 0 Å². The van der Waals surface area contributed by atoms with Crippen molar-refractivity contribution in [3.05, 3.63) is 36.1 Å². The maximum Gasteiger partial charge on any atom is 0.0687 e. The van der Waals surface area contributed by atoms with Crippen molar-refractivity contribution in [3.8, 4) is 0 Å². The quantitative estimate of drug-likeness (QED) is 0.741. The molecular formula is C13H21NO2. The molecule has 0 aromatic rings. The molecule has 2 N–H and O–H groups in total. The van der Waals surface area contributed by atoms with E-state index in [4.69, 9.17) is 0 Å². The summed E-state index contributed by atoms with van der Waals surface area (Å²) in [6.45, 7) is 4.60. The van der Waals surface area contributed by atoms with Crippen molar-refractivity contribution in [3.63, 3.8) is 0 Å². The van der Waals surface area contributed by atoms with Crippen LogP contribution < -0.4 is 0 Å². The van der Waals surface area contributed by atoms with Crippen LogP contribution in [0.15, 0.2) is 36.1 Å². The number of nitrogens with zero attached hydrogens (tertiary/aromatic N) is 1. The van der Waals surface area contributed by atoms with Crippen LogP contribution in [0.25, 0.3) is 0 Å². The van der Waals surface area contributed by atoms with Crippen molar-refractivity contribution in [2.45, 2.75) is 32.5 Å². The van der Waals surface area contributed by atoms with Gasteiger partial charge in [-0.2, -0.15) is 0 Å². The zero-order valence-corrected chi connectivity index (χ0v) is 10.0. The topological polar surface area (TPSA) is 43.7 Å². The fourth-order valence-corrected chi connectivity index (χ4v) is 1.73. The van der Waals surface area contributed by atoms with Crippen LogP contribution in [0, 0.1) is 0 Å². The van der Waals surface area contributed by atoms with E-state index in [2.05, 4.69) is 12.2 Å². The molecule has 0 spiro atoms. The van der Waals surface area contributed by atoms with E-state index in [-0.39, 0.29) is 0 Å². The molecule has 1 aliphatic rings. The Morgan fingerprint density at radius 2 is 1.81 bits per heavy atom. The van der Waals surface area contributed by atoms with Crippen molar-refractivity contribution in [1.29, 1.82) is 0 Å². The first-order valence-electron chi connectivity index (χ1n) is 5.74. The molecular weight excluding hydrogens is 202 g/mol. The molecule has 0 saturated heterocycles. The van der Waals surface area contributed by atoms with E-state index in [0.29, 0.717) is 13.1 Å². The molecule has 0 fully saturated rings. The van der Waals surface area contributed by atoms with Crippen LogP contribution in [-0.2, 0) is 0 Å². The lowest BCUT2D eigenvalue weighted by Crippen LogP contribution is -2.35. The van der Waals surface area contributed by atoms with Crippen LogP contribution in [0.1, 0.15) is 20.3 Å².